The molecule has 0 bridgehead atoms. The maximum atomic E-state index is 13.0. The lowest BCUT2D eigenvalue weighted by molar-refractivity contribution is -0.136. The first-order valence-corrected chi connectivity index (χ1v) is 11.4. The molecule has 3 aromatic rings. The highest BCUT2D eigenvalue weighted by molar-refractivity contribution is 7.86. The van der Waals surface area contributed by atoms with Crippen LogP contribution in [0.25, 0.3) is 11.1 Å². The fourth-order valence-electron chi connectivity index (χ4n) is 2.99. The molecule has 0 fully saturated rings. The zero-order valence-electron chi connectivity index (χ0n) is 17.6. The molecular weight excluding hydrogens is 446 g/mol. The number of rotatable bonds is 8. The fourth-order valence-corrected chi connectivity index (χ4v) is 3.38. The number of nitrogen functional groups attached to an aromatic ring is 1. The van der Waals surface area contributed by atoms with Crippen molar-refractivity contribution in [1.82, 2.24) is 0 Å². The van der Waals surface area contributed by atoms with Crippen LogP contribution >= 0.6 is 0 Å². The molecule has 3 rings (SSSR count). The Labute approximate surface area is 190 Å². The summed E-state index contributed by atoms with van der Waals surface area (Å²) in [5.74, 6) is -1.25. The Hall–Kier alpha value is -4.18. The van der Waals surface area contributed by atoms with E-state index in [9.17, 15) is 18.0 Å². The number of benzene rings is 3. The van der Waals surface area contributed by atoms with Gasteiger partial charge in [-0.2, -0.15) is 8.42 Å². The number of carbonyl (C=O) groups excluding carboxylic acids is 2. The first-order valence-electron chi connectivity index (χ1n) is 9.63. The molecule has 0 radical (unpaired) electrons. The third-order valence-electron chi connectivity index (χ3n) is 4.39. The number of ether oxygens (including phenoxy) is 1. The van der Waals surface area contributed by atoms with Gasteiger partial charge < -0.3 is 20.0 Å². The minimum absolute atomic E-state index is 0.0738. The van der Waals surface area contributed by atoms with E-state index in [1.807, 2.05) is 0 Å². The van der Waals surface area contributed by atoms with E-state index in [2.05, 4.69) is 9.50 Å². The number of amidine groups is 1. The molecule has 0 heterocycles. The highest BCUT2D eigenvalue weighted by atomic mass is 32.2. The molecule has 0 aliphatic carbocycles. The van der Waals surface area contributed by atoms with Crippen LogP contribution < -0.4 is 15.8 Å². The molecule has 0 saturated heterocycles. The molecule has 0 saturated carbocycles. The lowest BCUT2D eigenvalue weighted by Crippen LogP contribution is -2.18. The molecule has 170 valence electrons. The molecule has 0 aromatic heterocycles. The normalized spacial score (nSPS) is 10.8. The van der Waals surface area contributed by atoms with Crippen LogP contribution in [0.3, 0.4) is 0 Å². The van der Waals surface area contributed by atoms with Crippen molar-refractivity contribution in [3.63, 3.8) is 0 Å². The zero-order chi connectivity index (χ0) is 24.0. The van der Waals surface area contributed by atoms with Crippen LogP contribution in [0.1, 0.15) is 15.9 Å². The van der Waals surface area contributed by atoms with Crippen molar-refractivity contribution in [2.45, 2.75) is 0 Å². The second kappa shape index (κ2) is 9.96. The highest BCUT2D eigenvalue weighted by Crippen LogP contribution is 2.32. The molecule has 4 N–H and O–H groups in total. The molecule has 10 heteroatoms. The molecular formula is C23H21N3O6S. The second-order valence-electron chi connectivity index (χ2n) is 6.94. The number of carbonyl (C=O) groups is 2. The van der Waals surface area contributed by atoms with Gasteiger partial charge >= 0.3 is 16.1 Å². The van der Waals surface area contributed by atoms with Gasteiger partial charge in [0.25, 0.3) is 5.91 Å². The van der Waals surface area contributed by atoms with Crippen molar-refractivity contribution in [3.8, 4) is 16.9 Å². The van der Waals surface area contributed by atoms with Gasteiger partial charge in [0, 0.05) is 22.4 Å². The number of amides is 1. The highest BCUT2D eigenvalue weighted by Gasteiger charge is 2.17. The van der Waals surface area contributed by atoms with Gasteiger partial charge in [-0.25, -0.2) is 4.79 Å². The summed E-state index contributed by atoms with van der Waals surface area (Å²) in [5.41, 5.74) is 7.93. The third-order valence-corrected chi connectivity index (χ3v) is 4.88. The van der Waals surface area contributed by atoms with E-state index >= 15 is 0 Å². The van der Waals surface area contributed by atoms with Crippen molar-refractivity contribution in [3.05, 3.63) is 83.9 Å². The van der Waals surface area contributed by atoms with Crippen LogP contribution in [0.5, 0.6) is 5.75 Å². The van der Waals surface area contributed by atoms with Crippen molar-refractivity contribution >= 4 is 33.5 Å². The largest absolute Gasteiger partial charge is 0.481 e. The van der Waals surface area contributed by atoms with Gasteiger partial charge in [-0.1, -0.05) is 36.4 Å². The smallest absolute Gasteiger partial charge is 0.359 e. The van der Waals surface area contributed by atoms with E-state index in [1.54, 1.807) is 72.8 Å². The summed E-state index contributed by atoms with van der Waals surface area (Å²) in [4.78, 5) is 24.7. The molecule has 9 nitrogen and oxygen atoms in total. The van der Waals surface area contributed by atoms with Gasteiger partial charge in [0.2, 0.25) is 0 Å². The van der Waals surface area contributed by atoms with Crippen LogP contribution in [0, 0.1) is 5.41 Å². The van der Waals surface area contributed by atoms with E-state index < -0.39 is 22.7 Å². The molecule has 0 spiro atoms. The maximum absolute atomic E-state index is 13.0. The van der Waals surface area contributed by atoms with E-state index in [4.69, 9.17) is 15.9 Å². The van der Waals surface area contributed by atoms with Crippen LogP contribution in [0.4, 0.5) is 5.69 Å². The molecule has 0 aliphatic rings. The molecule has 33 heavy (non-hydrogen) atoms. The summed E-state index contributed by atoms with van der Waals surface area (Å²) in [6.45, 7) is -0.624. The van der Waals surface area contributed by atoms with E-state index in [0.717, 1.165) is 6.26 Å². The Morgan fingerprint density at radius 1 is 0.939 bits per heavy atom. The van der Waals surface area contributed by atoms with E-state index in [0.29, 0.717) is 27.9 Å². The number of para-hydroxylation sites is 1. The zero-order valence-corrected chi connectivity index (χ0v) is 18.4. The lowest BCUT2D eigenvalue weighted by atomic mass is 9.98. The standard InChI is InChI=1S/C23H21N3O6S/c1-33(29,30)32-21(27)14-31-20-9-5-4-7-18(20)17-6-2-3-8-19(17)23(28)26-16-12-10-15(11-13-16)22(24)25/h2-13H,14H2,1H3,(H3,24,25)(H,26,28). The fraction of sp³-hybridized carbons (Fsp3) is 0.0870. The summed E-state index contributed by atoms with van der Waals surface area (Å²) < 4.78 is 32.0. The van der Waals surface area contributed by atoms with Crippen molar-refractivity contribution in [2.24, 2.45) is 5.73 Å². The summed E-state index contributed by atoms with van der Waals surface area (Å²) >= 11 is 0. The quantitative estimate of drug-likeness (QED) is 0.262. The van der Waals surface area contributed by atoms with Gasteiger partial charge in [0.05, 0.1) is 6.26 Å². The van der Waals surface area contributed by atoms with Crippen molar-refractivity contribution < 1.29 is 26.9 Å². The number of nitrogens with one attached hydrogen (secondary N) is 2. The second-order valence-corrected chi connectivity index (χ2v) is 8.51. The predicted octanol–water partition coefficient (Wildman–Crippen LogP) is 2.77. The monoisotopic (exact) mass is 467 g/mol. The Morgan fingerprint density at radius 2 is 1.55 bits per heavy atom. The summed E-state index contributed by atoms with van der Waals surface area (Å²) in [5, 5.41) is 10.2. The van der Waals surface area contributed by atoms with Gasteiger partial charge in [-0.15, -0.1) is 0 Å². The average Bonchev–Trinajstić information content (AvgIpc) is 2.77. The minimum atomic E-state index is -3.95. The number of hydrogen-bond donors (Lipinski definition) is 3. The number of anilines is 1. The molecule has 0 unspecified atom stereocenters. The predicted molar refractivity (Wildman–Crippen MR) is 124 cm³/mol. The van der Waals surface area contributed by atoms with Gasteiger partial charge in [0.1, 0.15) is 11.6 Å². The third kappa shape index (κ3) is 6.40. The van der Waals surface area contributed by atoms with Gasteiger partial charge in [-0.3, -0.25) is 10.2 Å². The topological polar surface area (TPSA) is 149 Å². The Balaban J connectivity index is 1.85. The Kier molecular flexibility index (Phi) is 7.09. The van der Waals surface area contributed by atoms with Crippen LogP contribution in [-0.2, 0) is 19.1 Å². The van der Waals surface area contributed by atoms with E-state index in [1.165, 1.54) is 0 Å². The first kappa shape index (κ1) is 23.5. The summed E-state index contributed by atoms with van der Waals surface area (Å²) in [6, 6.07) is 20.1. The molecule has 0 atom stereocenters. The first-order chi connectivity index (χ1) is 15.6. The number of hydrogen-bond acceptors (Lipinski definition) is 7. The molecule has 3 aromatic carbocycles. The van der Waals surface area contributed by atoms with Gasteiger partial charge in [-0.05, 0) is 42.0 Å². The molecule has 0 aliphatic heterocycles. The number of nitrogens with two attached hydrogens (primary N) is 1. The lowest BCUT2D eigenvalue weighted by Gasteiger charge is -2.14. The van der Waals surface area contributed by atoms with Crippen molar-refractivity contribution in [1.29, 1.82) is 5.41 Å². The Bertz CT molecular complexity index is 1300. The average molecular weight is 468 g/mol. The summed E-state index contributed by atoms with van der Waals surface area (Å²) in [6.07, 6.45) is 0.765. The van der Waals surface area contributed by atoms with Gasteiger partial charge in [0.15, 0.2) is 6.61 Å². The maximum Gasteiger partial charge on any atom is 0.359 e. The molecule has 1 amide bonds. The van der Waals surface area contributed by atoms with Crippen LogP contribution in [0.15, 0.2) is 72.8 Å². The van der Waals surface area contributed by atoms with Crippen molar-refractivity contribution in [2.75, 3.05) is 18.2 Å². The minimum Gasteiger partial charge on any atom is -0.481 e. The SMILES string of the molecule is CS(=O)(=O)OC(=O)COc1ccccc1-c1ccccc1C(=O)Nc1ccc(C(=N)N)cc1. The summed E-state index contributed by atoms with van der Waals surface area (Å²) in [7, 11) is -3.95. The van der Waals surface area contributed by atoms with Crippen LogP contribution in [0.2, 0.25) is 0 Å². The Morgan fingerprint density at radius 3 is 2.18 bits per heavy atom. The van der Waals surface area contributed by atoms with E-state index in [-0.39, 0.29) is 17.5 Å². The van der Waals surface area contributed by atoms with Crippen LogP contribution in [-0.4, -0.2) is 39.0 Å².